The Morgan fingerprint density at radius 3 is 2.38 bits per heavy atom. The molecular weight excluding hydrogens is 420 g/mol. The molecule has 0 fully saturated rings. The second kappa shape index (κ2) is 12.5. The molecule has 2 N–H and O–H groups in total. The van der Waals surface area contributed by atoms with Crippen molar-refractivity contribution in [3.05, 3.63) is 90.0 Å². The number of thiocarbonyl (C=S) groups is 1. The lowest BCUT2D eigenvalue weighted by Crippen LogP contribution is -2.34. The standard InChI is InChI=1S/C26H28N2O3S/c1-2-3-16-30-24-14-8-12-22(19-24)27-26(32)28-25(29)21-11-7-13-23(18-21)31-17-15-20-9-5-4-6-10-20/h4-14,18-19H,2-3,15-17H2,1H3,(H2,27,28,29,32). The summed E-state index contributed by atoms with van der Waals surface area (Å²) < 4.78 is 11.5. The lowest BCUT2D eigenvalue weighted by Gasteiger charge is -2.12. The summed E-state index contributed by atoms with van der Waals surface area (Å²) in [5, 5.41) is 5.96. The van der Waals surface area contributed by atoms with Crippen molar-refractivity contribution in [2.24, 2.45) is 0 Å². The van der Waals surface area contributed by atoms with Gasteiger partial charge < -0.3 is 14.8 Å². The van der Waals surface area contributed by atoms with E-state index in [9.17, 15) is 4.79 Å². The molecule has 0 atom stereocenters. The Kier molecular flexibility index (Phi) is 9.07. The topological polar surface area (TPSA) is 59.6 Å². The average Bonchev–Trinajstić information content (AvgIpc) is 2.80. The predicted octanol–water partition coefficient (Wildman–Crippen LogP) is 5.61. The van der Waals surface area contributed by atoms with Gasteiger partial charge in [-0.05, 0) is 54.5 Å². The Hall–Kier alpha value is -3.38. The molecule has 0 aliphatic heterocycles. The number of nitrogens with one attached hydrogen (secondary N) is 2. The number of ether oxygens (including phenoxy) is 2. The van der Waals surface area contributed by atoms with Crippen LogP contribution in [0.1, 0.15) is 35.7 Å². The molecule has 166 valence electrons. The average molecular weight is 449 g/mol. The number of hydrogen-bond donors (Lipinski definition) is 2. The highest BCUT2D eigenvalue weighted by Gasteiger charge is 2.10. The van der Waals surface area contributed by atoms with Crippen LogP contribution >= 0.6 is 12.2 Å². The van der Waals surface area contributed by atoms with E-state index in [0.717, 1.165) is 30.7 Å². The molecule has 0 heterocycles. The third kappa shape index (κ3) is 7.71. The van der Waals surface area contributed by atoms with Crippen molar-refractivity contribution >= 4 is 28.9 Å². The molecule has 0 spiro atoms. The van der Waals surface area contributed by atoms with Gasteiger partial charge in [0.25, 0.3) is 5.91 Å². The molecule has 0 bridgehead atoms. The molecule has 0 radical (unpaired) electrons. The quantitative estimate of drug-likeness (QED) is 0.312. The van der Waals surface area contributed by atoms with E-state index in [1.165, 1.54) is 5.56 Å². The number of carbonyl (C=O) groups is 1. The summed E-state index contributed by atoms with van der Waals surface area (Å²) in [6.07, 6.45) is 2.88. The lowest BCUT2D eigenvalue weighted by molar-refractivity contribution is 0.0977. The van der Waals surface area contributed by atoms with Gasteiger partial charge in [-0.2, -0.15) is 0 Å². The summed E-state index contributed by atoms with van der Waals surface area (Å²) in [5.74, 6) is 1.11. The molecular formula is C26H28N2O3S. The van der Waals surface area contributed by atoms with E-state index in [2.05, 4.69) is 29.7 Å². The minimum absolute atomic E-state index is 0.219. The van der Waals surface area contributed by atoms with Gasteiger partial charge in [-0.1, -0.05) is 55.8 Å². The van der Waals surface area contributed by atoms with Crippen molar-refractivity contribution in [1.29, 1.82) is 0 Å². The van der Waals surface area contributed by atoms with Crippen molar-refractivity contribution < 1.29 is 14.3 Å². The Labute approximate surface area is 194 Å². The monoisotopic (exact) mass is 448 g/mol. The van der Waals surface area contributed by atoms with Crippen molar-refractivity contribution in [2.45, 2.75) is 26.2 Å². The van der Waals surface area contributed by atoms with E-state index in [1.54, 1.807) is 18.2 Å². The van der Waals surface area contributed by atoms with Gasteiger partial charge in [-0.15, -0.1) is 0 Å². The Morgan fingerprint density at radius 2 is 1.59 bits per heavy atom. The van der Waals surface area contributed by atoms with E-state index < -0.39 is 0 Å². The van der Waals surface area contributed by atoms with E-state index in [-0.39, 0.29) is 11.0 Å². The van der Waals surface area contributed by atoms with Crippen LogP contribution in [0.3, 0.4) is 0 Å². The van der Waals surface area contributed by atoms with Crippen molar-refractivity contribution in [3.63, 3.8) is 0 Å². The minimum atomic E-state index is -0.300. The fourth-order valence-electron chi connectivity index (χ4n) is 2.99. The summed E-state index contributed by atoms with van der Waals surface area (Å²) in [6.45, 7) is 3.33. The van der Waals surface area contributed by atoms with Crippen LogP contribution < -0.4 is 20.1 Å². The Balaban J connectivity index is 1.50. The van der Waals surface area contributed by atoms with E-state index in [4.69, 9.17) is 21.7 Å². The van der Waals surface area contributed by atoms with Gasteiger partial charge in [0, 0.05) is 23.7 Å². The van der Waals surface area contributed by atoms with Crippen molar-refractivity contribution in [1.82, 2.24) is 5.32 Å². The normalized spacial score (nSPS) is 10.3. The zero-order chi connectivity index (χ0) is 22.6. The van der Waals surface area contributed by atoms with E-state index >= 15 is 0 Å². The fraction of sp³-hybridized carbons (Fsp3) is 0.231. The first-order valence-electron chi connectivity index (χ1n) is 10.8. The van der Waals surface area contributed by atoms with Crippen LogP contribution in [0.2, 0.25) is 0 Å². The molecule has 5 nitrogen and oxygen atoms in total. The van der Waals surface area contributed by atoms with Gasteiger partial charge >= 0.3 is 0 Å². The van der Waals surface area contributed by atoms with Crippen LogP contribution in [0, 0.1) is 0 Å². The Morgan fingerprint density at radius 1 is 0.875 bits per heavy atom. The zero-order valence-electron chi connectivity index (χ0n) is 18.2. The number of amides is 1. The molecule has 0 aliphatic rings. The number of unbranched alkanes of at least 4 members (excludes halogenated alkanes) is 1. The second-order valence-corrected chi connectivity index (χ2v) is 7.66. The van der Waals surface area contributed by atoms with Crippen LogP contribution in [0.25, 0.3) is 0 Å². The molecule has 3 aromatic carbocycles. The molecule has 0 saturated carbocycles. The van der Waals surface area contributed by atoms with Gasteiger partial charge in [0.2, 0.25) is 0 Å². The first-order valence-corrected chi connectivity index (χ1v) is 11.2. The maximum Gasteiger partial charge on any atom is 0.257 e. The largest absolute Gasteiger partial charge is 0.494 e. The summed E-state index contributed by atoms with van der Waals surface area (Å²) in [6, 6.07) is 24.7. The second-order valence-electron chi connectivity index (χ2n) is 7.25. The number of anilines is 1. The first kappa shape index (κ1) is 23.3. The third-order valence-electron chi connectivity index (χ3n) is 4.68. The van der Waals surface area contributed by atoms with Crippen LogP contribution in [0.5, 0.6) is 11.5 Å². The maximum atomic E-state index is 12.6. The van der Waals surface area contributed by atoms with Crippen LogP contribution in [-0.4, -0.2) is 24.2 Å². The van der Waals surface area contributed by atoms with Gasteiger partial charge in [0.1, 0.15) is 11.5 Å². The molecule has 32 heavy (non-hydrogen) atoms. The molecule has 3 rings (SSSR count). The fourth-order valence-corrected chi connectivity index (χ4v) is 3.20. The van der Waals surface area contributed by atoms with Crippen LogP contribution in [0.4, 0.5) is 5.69 Å². The van der Waals surface area contributed by atoms with E-state index in [1.807, 2.05) is 48.5 Å². The molecule has 0 aromatic heterocycles. The minimum Gasteiger partial charge on any atom is -0.494 e. The molecule has 0 aliphatic carbocycles. The van der Waals surface area contributed by atoms with E-state index in [0.29, 0.717) is 24.5 Å². The Bertz CT molecular complexity index is 1020. The molecule has 0 unspecified atom stereocenters. The van der Waals surface area contributed by atoms with Gasteiger partial charge in [0.15, 0.2) is 5.11 Å². The lowest BCUT2D eigenvalue weighted by atomic mass is 10.2. The number of rotatable bonds is 10. The summed E-state index contributed by atoms with van der Waals surface area (Å²) in [5.41, 5.74) is 2.43. The third-order valence-corrected chi connectivity index (χ3v) is 4.89. The van der Waals surface area contributed by atoms with Crippen LogP contribution in [-0.2, 0) is 6.42 Å². The molecule has 6 heteroatoms. The van der Waals surface area contributed by atoms with Gasteiger partial charge in [-0.25, -0.2) is 0 Å². The number of benzene rings is 3. The first-order chi connectivity index (χ1) is 15.6. The van der Waals surface area contributed by atoms with Crippen molar-refractivity contribution in [2.75, 3.05) is 18.5 Å². The van der Waals surface area contributed by atoms with Gasteiger partial charge in [0.05, 0.1) is 13.2 Å². The highest BCUT2D eigenvalue weighted by Crippen LogP contribution is 2.18. The summed E-state index contributed by atoms with van der Waals surface area (Å²) in [7, 11) is 0. The highest BCUT2D eigenvalue weighted by atomic mass is 32.1. The number of carbonyl (C=O) groups excluding carboxylic acids is 1. The number of hydrogen-bond acceptors (Lipinski definition) is 4. The zero-order valence-corrected chi connectivity index (χ0v) is 19.0. The summed E-state index contributed by atoms with van der Waals surface area (Å²) in [4.78, 5) is 12.6. The van der Waals surface area contributed by atoms with Crippen molar-refractivity contribution in [3.8, 4) is 11.5 Å². The maximum absolute atomic E-state index is 12.6. The van der Waals surface area contributed by atoms with Gasteiger partial charge in [-0.3, -0.25) is 10.1 Å². The summed E-state index contributed by atoms with van der Waals surface area (Å²) >= 11 is 5.30. The molecule has 3 aromatic rings. The molecule has 0 saturated heterocycles. The predicted molar refractivity (Wildman–Crippen MR) is 133 cm³/mol. The SMILES string of the molecule is CCCCOc1cccc(NC(=S)NC(=O)c2cccc(OCCc3ccccc3)c2)c1. The van der Waals surface area contributed by atoms with Crippen LogP contribution in [0.15, 0.2) is 78.9 Å². The smallest absolute Gasteiger partial charge is 0.257 e. The molecule has 1 amide bonds. The highest BCUT2D eigenvalue weighted by molar-refractivity contribution is 7.80.